The third-order valence-corrected chi connectivity index (χ3v) is 5.18. The van der Waals surface area contributed by atoms with Crippen molar-refractivity contribution in [1.29, 1.82) is 0 Å². The number of rotatable bonds is 5. The Morgan fingerprint density at radius 1 is 1.35 bits per heavy atom. The monoisotopic (exact) mass is 339 g/mol. The van der Waals surface area contributed by atoms with Crippen molar-refractivity contribution in [3.8, 4) is 0 Å². The van der Waals surface area contributed by atoms with Crippen LogP contribution < -0.4 is 5.32 Å². The first-order chi connectivity index (χ1) is 10.9. The molecular weight excluding hydrogens is 318 g/mol. The van der Waals surface area contributed by atoms with Gasteiger partial charge in [0.25, 0.3) is 5.91 Å². The first-order valence-electron chi connectivity index (χ1n) is 7.51. The van der Waals surface area contributed by atoms with E-state index in [2.05, 4.69) is 21.7 Å². The highest BCUT2D eigenvalue weighted by molar-refractivity contribution is 7.14. The lowest BCUT2D eigenvalue weighted by Gasteiger charge is -2.16. The minimum Gasteiger partial charge on any atom is -0.469 e. The van der Waals surface area contributed by atoms with Crippen LogP contribution in [0.4, 0.5) is 0 Å². The van der Waals surface area contributed by atoms with Gasteiger partial charge < -0.3 is 14.8 Å². The average molecular weight is 339 g/mol. The predicted octanol–water partition coefficient (Wildman–Crippen LogP) is 1.71. The summed E-state index contributed by atoms with van der Waals surface area (Å²) >= 11 is 1.45. The molecule has 0 saturated heterocycles. The predicted molar refractivity (Wildman–Crippen MR) is 85.4 cm³/mol. The maximum atomic E-state index is 12.4. The van der Waals surface area contributed by atoms with Crippen LogP contribution in [0.15, 0.2) is 6.07 Å². The fourth-order valence-electron chi connectivity index (χ4n) is 2.63. The molecule has 1 aliphatic carbocycles. The van der Waals surface area contributed by atoms with E-state index in [4.69, 9.17) is 0 Å². The molecule has 0 unspecified atom stereocenters. The summed E-state index contributed by atoms with van der Waals surface area (Å²) in [5.41, 5.74) is 1.21. The summed E-state index contributed by atoms with van der Waals surface area (Å²) in [6, 6.07) is 0.843. The number of aryl methyl sites for hydroxylation is 1. The molecule has 23 heavy (non-hydrogen) atoms. The molecule has 1 N–H and O–H groups in total. The molecular formula is C16H21NO5S. The number of hydrogen-bond donors (Lipinski definition) is 1. The van der Waals surface area contributed by atoms with E-state index in [1.54, 1.807) is 0 Å². The van der Waals surface area contributed by atoms with E-state index in [0.717, 1.165) is 19.3 Å². The molecule has 7 heteroatoms. The van der Waals surface area contributed by atoms with Gasteiger partial charge in [-0.3, -0.25) is 9.59 Å². The van der Waals surface area contributed by atoms with Crippen molar-refractivity contribution in [2.45, 2.75) is 38.6 Å². The molecule has 1 aromatic heterocycles. The van der Waals surface area contributed by atoms with Gasteiger partial charge in [-0.05, 0) is 36.8 Å². The number of methoxy groups -OCH3 is 2. The normalized spacial score (nSPS) is 17.8. The third-order valence-electron chi connectivity index (χ3n) is 3.94. The molecule has 6 nitrogen and oxygen atoms in total. The first kappa shape index (κ1) is 17.5. The second-order valence-electron chi connectivity index (χ2n) is 5.74. The lowest BCUT2D eigenvalue weighted by atomic mass is 9.90. The number of amides is 1. The first-order valence-corrected chi connectivity index (χ1v) is 8.33. The van der Waals surface area contributed by atoms with Gasteiger partial charge in [-0.15, -0.1) is 11.3 Å². The summed E-state index contributed by atoms with van der Waals surface area (Å²) in [6.45, 7) is 2.20. The van der Waals surface area contributed by atoms with E-state index in [0.29, 0.717) is 10.8 Å². The highest BCUT2D eigenvalue weighted by Gasteiger charge is 2.27. The standard InChI is InChI=1S/C16H21NO5S/c1-9-4-5-12-10(6-9)7-13(23-12)15(19)17-11(16(20)22-3)8-14(18)21-2/h7,9,11H,4-6,8H2,1-3H3,(H,17,19)/t9-,11+/m0/s1. The summed E-state index contributed by atoms with van der Waals surface area (Å²) in [5, 5.41) is 2.57. The van der Waals surface area contributed by atoms with Crippen molar-refractivity contribution in [2.75, 3.05) is 14.2 Å². The smallest absolute Gasteiger partial charge is 0.328 e. The molecule has 2 rings (SSSR count). The third kappa shape index (κ3) is 4.31. The molecule has 0 aliphatic heterocycles. The van der Waals surface area contributed by atoms with E-state index in [1.807, 2.05) is 6.07 Å². The minimum absolute atomic E-state index is 0.253. The lowest BCUT2D eigenvalue weighted by molar-refractivity contribution is -0.149. The van der Waals surface area contributed by atoms with Gasteiger partial charge in [0.15, 0.2) is 0 Å². The number of hydrogen-bond acceptors (Lipinski definition) is 6. The van der Waals surface area contributed by atoms with Crippen LogP contribution >= 0.6 is 11.3 Å². The second-order valence-corrected chi connectivity index (χ2v) is 6.87. The molecule has 0 saturated carbocycles. The van der Waals surface area contributed by atoms with Crippen molar-refractivity contribution >= 4 is 29.2 Å². The number of esters is 2. The Bertz CT molecular complexity index is 610. The Morgan fingerprint density at radius 2 is 2.09 bits per heavy atom. The van der Waals surface area contributed by atoms with Crippen molar-refractivity contribution in [3.05, 3.63) is 21.4 Å². The Morgan fingerprint density at radius 3 is 2.74 bits per heavy atom. The molecule has 0 radical (unpaired) electrons. The number of nitrogens with one attached hydrogen (secondary N) is 1. The van der Waals surface area contributed by atoms with Crippen molar-refractivity contribution in [1.82, 2.24) is 5.32 Å². The average Bonchev–Trinajstić information content (AvgIpc) is 2.96. The summed E-state index contributed by atoms with van der Waals surface area (Å²) in [5.74, 6) is -0.995. The molecule has 2 atom stereocenters. The number of carbonyl (C=O) groups excluding carboxylic acids is 3. The van der Waals surface area contributed by atoms with Crippen LogP contribution in [0.3, 0.4) is 0 Å². The Labute approximate surface area is 139 Å². The van der Waals surface area contributed by atoms with Crippen LogP contribution in [-0.4, -0.2) is 38.1 Å². The van der Waals surface area contributed by atoms with Crippen LogP contribution in [0.25, 0.3) is 0 Å². The van der Waals surface area contributed by atoms with Crippen molar-refractivity contribution in [2.24, 2.45) is 5.92 Å². The molecule has 1 amide bonds. The molecule has 0 fully saturated rings. The van der Waals surface area contributed by atoms with Gasteiger partial charge in [-0.1, -0.05) is 6.92 Å². The van der Waals surface area contributed by atoms with E-state index in [9.17, 15) is 14.4 Å². The van der Waals surface area contributed by atoms with Gasteiger partial charge in [0.05, 0.1) is 25.5 Å². The molecule has 1 aliphatic rings. The SMILES string of the molecule is COC(=O)C[C@@H](NC(=O)c1cc2c(s1)CC[C@H](C)C2)C(=O)OC. The van der Waals surface area contributed by atoms with Gasteiger partial charge in [0.2, 0.25) is 0 Å². The van der Waals surface area contributed by atoms with Crippen LogP contribution in [0.2, 0.25) is 0 Å². The second kappa shape index (κ2) is 7.59. The van der Waals surface area contributed by atoms with Gasteiger partial charge in [0.1, 0.15) is 6.04 Å². The molecule has 1 heterocycles. The summed E-state index contributed by atoms with van der Waals surface area (Å²) < 4.78 is 9.18. The maximum absolute atomic E-state index is 12.4. The van der Waals surface area contributed by atoms with Gasteiger partial charge in [0, 0.05) is 4.88 Å². The van der Waals surface area contributed by atoms with Gasteiger partial charge in [-0.25, -0.2) is 4.79 Å². The zero-order chi connectivity index (χ0) is 17.0. The fraction of sp³-hybridized carbons (Fsp3) is 0.562. The van der Waals surface area contributed by atoms with E-state index >= 15 is 0 Å². The number of ether oxygens (including phenoxy) is 2. The van der Waals surface area contributed by atoms with Crippen LogP contribution in [-0.2, 0) is 31.9 Å². The van der Waals surface area contributed by atoms with Crippen LogP contribution in [0.5, 0.6) is 0 Å². The highest BCUT2D eigenvalue weighted by atomic mass is 32.1. The van der Waals surface area contributed by atoms with Crippen molar-refractivity contribution < 1.29 is 23.9 Å². The highest BCUT2D eigenvalue weighted by Crippen LogP contribution is 2.32. The van der Waals surface area contributed by atoms with Gasteiger partial charge in [-0.2, -0.15) is 0 Å². The van der Waals surface area contributed by atoms with Crippen LogP contribution in [0, 0.1) is 5.92 Å². The largest absolute Gasteiger partial charge is 0.469 e. The topological polar surface area (TPSA) is 81.7 Å². The lowest BCUT2D eigenvalue weighted by Crippen LogP contribution is -2.42. The molecule has 126 valence electrons. The van der Waals surface area contributed by atoms with Gasteiger partial charge >= 0.3 is 11.9 Å². The summed E-state index contributed by atoms with van der Waals surface area (Å²) in [6.07, 6.45) is 2.83. The number of carbonyl (C=O) groups is 3. The van der Waals surface area contributed by atoms with E-state index < -0.39 is 18.0 Å². The fourth-order valence-corrected chi connectivity index (χ4v) is 3.74. The summed E-state index contributed by atoms with van der Waals surface area (Å²) in [4.78, 5) is 37.3. The quantitative estimate of drug-likeness (QED) is 0.826. The summed E-state index contributed by atoms with van der Waals surface area (Å²) in [7, 11) is 2.44. The zero-order valence-corrected chi connectivity index (χ0v) is 14.3. The van der Waals surface area contributed by atoms with Crippen molar-refractivity contribution in [3.63, 3.8) is 0 Å². The zero-order valence-electron chi connectivity index (χ0n) is 13.5. The Hall–Kier alpha value is -1.89. The van der Waals surface area contributed by atoms with E-state index in [1.165, 1.54) is 36.0 Å². The number of thiophene rings is 1. The molecule has 1 aromatic rings. The number of fused-ring (bicyclic) bond motifs is 1. The molecule has 0 bridgehead atoms. The maximum Gasteiger partial charge on any atom is 0.328 e. The van der Waals surface area contributed by atoms with Crippen LogP contribution in [0.1, 0.15) is 39.9 Å². The Kier molecular flexibility index (Phi) is 5.76. The molecule has 0 aromatic carbocycles. The minimum atomic E-state index is -1.04. The molecule has 0 spiro atoms. The van der Waals surface area contributed by atoms with E-state index in [-0.39, 0.29) is 12.3 Å². The Balaban J connectivity index is 2.09.